The van der Waals surface area contributed by atoms with E-state index in [1.807, 2.05) is 6.92 Å². The summed E-state index contributed by atoms with van der Waals surface area (Å²) < 4.78 is 10.6. The lowest BCUT2D eigenvalue weighted by Crippen LogP contribution is -2.38. The van der Waals surface area contributed by atoms with Crippen molar-refractivity contribution in [1.82, 2.24) is 15.6 Å². The summed E-state index contributed by atoms with van der Waals surface area (Å²) in [5.41, 5.74) is 4.41. The molecule has 1 aromatic heterocycles. The van der Waals surface area contributed by atoms with Gasteiger partial charge < -0.3 is 30.2 Å². The number of guanidine groups is 1. The van der Waals surface area contributed by atoms with E-state index in [0.29, 0.717) is 23.0 Å². The number of aliphatic hydroxyl groups excluding tert-OH is 1. The summed E-state index contributed by atoms with van der Waals surface area (Å²) in [7, 11) is 3.18. The number of hydrogen-bond acceptors (Lipinski definition) is 4. The predicted octanol–water partition coefficient (Wildman–Crippen LogP) is 3.32. The van der Waals surface area contributed by atoms with Crippen LogP contribution in [0.1, 0.15) is 29.7 Å². The number of rotatable bonds is 9. The molecule has 0 radical (unpaired) electrons. The Hall–Kier alpha value is -3.19. The molecule has 0 fully saturated rings. The third-order valence-electron chi connectivity index (χ3n) is 5.21. The molecule has 0 aliphatic heterocycles. The Morgan fingerprint density at radius 3 is 2.55 bits per heavy atom. The first kappa shape index (κ1) is 22.5. The van der Waals surface area contributed by atoms with E-state index in [9.17, 15) is 5.11 Å². The largest absolute Gasteiger partial charge is 0.497 e. The average Bonchev–Trinajstić information content (AvgIpc) is 3.21. The Morgan fingerprint density at radius 2 is 1.87 bits per heavy atom. The van der Waals surface area contributed by atoms with E-state index in [1.165, 1.54) is 16.5 Å². The fourth-order valence-corrected chi connectivity index (χ4v) is 3.61. The zero-order valence-electron chi connectivity index (χ0n) is 18.7. The minimum absolute atomic E-state index is 0.220. The van der Waals surface area contributed by atoms with E-state index in [0.717, 1.165) is 25.0 Å². The molecule has 166 valence electrons. The smallest absolute Gasteiger partial charge is 0.191 e. The van der Waals surface area contributed by atoms with E-state index in [4.69, 9.17) is 9.47 Å². The van der Waals surface area contributed by atoms with Crippen LogP contribution in [0.4, 0.5) is 0 Å². The number of nitrogens with zero attached hydrogens (tertiary/aromatic N) is 1. The highest BCUT2D eigenvalue weighted by molar-refractivity contribution is 5.86. The van der Waals surface area contributed by atoms with E-state index >= 15 is 0 Å². The summed E-state index contributed by atoms with van der Waals surface area (Å²) in [6.07, 6.45) is 2.17. The van der Waals surface area contributed by atoms with Crippen molar-refractivity contribution in [3.05, 3.63) is 59.3 Å². The quantitative estimate of drug-likeness (QED) is 0.312. The molecule has 0 bridgehead atoms. The monoisotopic (exact) mass is 424 g/mol. The minimum Gasteiger partial charge on any atom is -0.497 e. The molecular formula is C24H32N4O3. The minimum atomic E-state index is -0.768. The third kappa shape index (κ3) is 5.70. The van der Waals surface area contributed by atoms with Crippen LogP contribution < -0.4 is 20.1 Å². The van der Waals surface area contributed by atoms with Crippen LogP contribution in [0.25, 0.3) is 10.9 Å². The van der Waals surface area contributed by atoms with Crippen molar-refractivity contribution in [3.63, 3.8) is 0 Å². The number of aliphatic imine (C=N–C) groups is 1. The first-order chi connectivity index (χ1) is 15.0. The highest BCUT2D eigenvalue weighted by Crippen LogP contribution is 2.26. The maximum Gasteiger partial charge on any atom is 0.191 e. The first-order valence-electron chi connectivity index (χ1n) is 10.5. The molecule has 4 N–H and O–H groups in total. The van der Waals surface area contributed by atoms with Crippen molar-refractivity contribution < 1.29 is 14.6 Å². The van der Waals surface area contributed by atoms with E-state index in [-0.39, 0.29) is 6.54 Å². The molecule has 1 heterocycles. The van der Waals surface area contributed by atoms with Gasteiger partial charge in [-0.2, -0.15) is 0 Å². The Kier molecular flexibility index (Phi) is 7.78. The number of nitrogens with one attached hydrogen (secondary N) is 3. The van der Waals surface area contributed by atoms with Crippen LogP contribution in [0.2, 0.25) is 0 Å². The summed E-state index contributed by atoms with van der Waals surface area (Å²) in [6, 6.07) is 11.7. The highest BCUT2D eigenvalue weighted by Gasteiger charge is 2.12. The number of H-pyrrole nitrogens is 1. The number of benzene rings is 2. The van der Waals surface area contributed by atoms with Crippen molar-refractivity contribution >= 4 is 16.9 Å². The SMILES string of the molecule is CCNC(=NCC(O)c1cc(OC)cc(OC)c1)NCCc1c[nH]c2cccc(C)c12. The number of aryl methyl sites for hydroxylation is 1. The lowest BCUT2D eigenvalue weighted by Gasteiger charge is -2.15. The van der Waals surface area contributed by atoms with Crippen LogP contribution in [0, 0.1) is 6.92 Å². The molecule has 0 spiro atoms. The predicted molar refractivity (Wildman–Crippen MR) is 125 cm³/mol. The molecule has 0 aliphatic carbocycles. The van der Waals surface area contributed by atoms with Crippen LogP contribution in [0.5, 0.6) is 11.5 Å². The standard InChI is InChI=1S/C24H32N4O3/c1-5-25-24(26-10-9-17-14-27-21-8-6-7-16(2)23(17)21)28-15-22(29)18-11-19(30-3)13-20(12-18)31-4/h6-8,11-14,22,27,29H,5,9-10,15H2,1-4H3,(H2,25,26,28). The summed E-state index contributed by atoms with van der Waals surface area (Å²) in [5, 5.41) is 18.5. The number of hydrogen-bond donors (Lipinski definition) is 4. The fourth-order valence-electron chi connectivity index (χ4n) is 3.61. The van der Waals surface area contributed by atoms with Gasteiger partial charge in [0.15, 0.2) is 5.96 Å². The van der Waals surface area contributed by atoms with Gasteiger partial charge >= 0.3 is 0 Å². The number of fused-ring (bicyclic) bond motifs is 1. The van der Waals surface area contributed by atoms with Gasteiger partial charge in [-0.1, -0.05) is 12.1 Å². The lowest BCUT2D eigenvalue weighted by atomic mass is 10.1. The van der Waals surface area contributed by atoms with Crippen LogP contribution in [0.15, 0.2) is 47.6 Å². The molecule has 1 unspecified atom stereocenters. The van der Waals surface area contributed by atoms with Crippen molar-refractivity contribution in [2.45, 2.75) is 26.4 Å². The van der Waals surface area contributed by atoms with Crippen molar-refractivity contribution in [2.75, 3.05) is 33.9 Å². The first-order valence-corrected chi connectivity index (χ1v) is 10.5. The van der Waals surface area contributed by atoms with Gasteiger partial charge in [0.25, 0.3) is 0 Å². The molecule has 3 aromatic rings. The zero-order chi connectivity index (χ0) is 22.2. The van der Waals surface area contributed by atoms with Crippen LogP contribution >= 0.6 is 0 Å². The van der Waals surface area contributed by atoms with Gasteiger partial charge in [0.05, 0.1) is 26.9 Å². The van der Waals surface area contributed by atoms with Crippen LogP contribution in [-0.2, 0) is 6.42 Å². The molecule has 2 aromatic carbocycles. The number of aromatic amines is 1. The Labute approximate surface area is 183 Å². The number of aliphatic hydroxyl groups is 1. The van der Waals surface area contributed by atoms with E-state index in [1.54, 1.807) is 32.4 Å². The molecule has 0 aliphatic rings. The highest BCUT2D eigenvalue weighted by atomic mass is 16.5. The number of methoxy groups -OCH3 is 2. The van der Waals surface area contributed by atoms with Gasteiger partial charge in [0.1, 0.15) is 11.5 Å². The molecule has 0 amide bonds. The van der Waals surface area contributed by atoms with Gasteiger partial charge in [-0.25, -0.2) is 0 Å². The lowest BCUT2D eigenvalue weighted by molar-refractivity contribution is 0.186. The van der Waals surface area contributed by atoms with Gasteiger partial charge in [0, 0.05) is 36.3 Å². The van der Waals surface area contributed by atoms with Crippen molar-refractivity contribution in [1.29, 1.82) is 0 Å². The van der Waals surface area contributed by atoms with Gasteiger partial charge in [-0.3, -0.25) is 4.99 Å². The maximum atomic E-state index is 10.6. The summed E-state index contributed by atoms with van der Waals surface area (Å²) >= 11 is 0. The second-order valence-corrected chi connectivity index (χ2v) is 7.37. The average molecular weight is 425 g/mol. The van der Waals surface area contributed by atoms with E-state index < -0.39 is 6.10 Å². The Bertz CT molecular complexity index is 1010. The molecule has 3 rings (SSSR count). The summed E-state index contributed by atoms with van der Waals surface area (Å²) in [4.78, 5) is 7.90. The number of ether oxygens (including phenoxy) is 2. The van der Waals surface area contributed by atoms with Crippen LogP contribution in [-0.4, -0.2) is 49.9 Å². The number of aromatic nitrogens is 1. The Balaban J connectivity index is 1.63. The van der Waals surface area contributed by atoms with Crippen LogP contribution in [0.3, 0.4) is 0 Å². The summed E-state index contributed by atoms with van der Waals surface area (Å²) in [5.74, 6) is 1.95. The molecule has 7 nitrogen and oxygen atoms in total. The normalized spacial score (nSPS) is 12.6. The topological polar surface area (TPSA) is 90.9 Å². The molecule has 1 atom stereocenters. The van der Waals surface area contributed by atoms with Crippen molar-refractivity contribution in [2.24, 2.45) is 4.99 Å². The second kappa shape index (κ2) is 10.7. The molecule has 0 saturated carbocycles. The summed E-state index contributed by atoms with van der Waals surface area (Å²) in [6.45, 7) is 5.84. The molecule has 0 saturated heterocycles. The van der Waals surface area contributed by atoms with Crippen molar-refractivity contribution in [3.8, 4) is 11.5 Å². The van der Waals surface area contributed by atoms with Gasteiger partial charge in [0.2, 0.25) is 0 Å². The van der Waals surface area contributed by atoms with E-state index in [2.05, 4.69) is 51.9 Å². The van der Waals surface area contributed by atoms with Gasteiger partial charge in [-0.15, -0.1) is 0 Å². The van der Waals surface area contributed by atoms with Gasteiger partial charge in [-0.05, 0) is 55.2 Å². The molecule has 31 heavy (non-hydrogen) atoms. The fraction of sp³-hybridized carbons (Fsp3) is 0.375. The maximum absolute atomic E-state index is 10.6. The second-order valence-electron chi connectivity index (χ2n) is 7.37. The zero-order valence-corrected chi connectivity index (χ0v) is 18.7. The molecule has 7 heteroatoms. The Morgan fingerprint density at radius 1 is 1.13 bits per heavy atom. The third-order valence-corrected chi connectivity index (χ3v) is 5.21. The molecular weight excluding hydrogens is 392 g/mol.